The van der Waals surface area contributed by atoms with Crippen LogP contribution in [0.5, 0.6) is 11.5 Å². The van der Waals surface area contributed by atoms with Gasteiger partial charge in [-0.15, -0.1) is 10.1 Å². The molecule has 4 rings (SSSR count). The first kappa shape index (κ1) is 29.6. The Labute approximate surface area is 232 Å². The zero-order valence-corrected chi connectivity index (χ0v) is 24.1. The standard InChI is InChI=1S/C31H41N3O.HNO3/c1-7-32(8-2)24-15-13-23(14-16-24)31-27-19-17-25(33(9-3)10-4)21-29(27)35-30-22-26(18-20-28(30)31)34(11-5)12-6;2-1(3)4/h13-22,31H,7-12H2,1-6H3;(H,2,3,4). The van der Waals surface area contributed by atoms with Crippen LogP contribution in [0.4, 0.5) is 17.1 Å². The molecule has 39 heavy (non-hydrogen) atoms. The fourth-order valence-electron chi connectivity index (χ4n) is 5.38. The number of nitrogens with zero attached hydrogens (tertiary/aromatic N) is 4. The van der Waals surface area contributed by atoms with Crippen LogP contribution < -0.4 is 19.4 Å². The van der Waals surface area contributed by atoms with Gasteiger partial charge in [-0.25, -0.2) is 0 Å². The van der Waals surface area contributed by atoms with Crippen molar-refractivity contribution in [2.75, 3.05) is 54.0 Å². The minimum Gasteiger partial charge on any atom is -0.457 e. The molecule has 0 atom stereocenters. The number of benzene rings is 3. The summed E-state index contributed by atoms with van der Waals surface area (Å²) in [5.41, 5.74) is 7.48. The predicted molar refractivity (Wildman–Crippen MR) is 160 cm³/mol. The third-order valence-electron chi connectivity index (χ3n) is 7.45. The first-order chi connectivity index (χ1) is 18.8. The van der Waals surface area contributed by atoms with E-state index in [0.717, 1.165) is 50.8 Å². The van der Waals surface area contributed by atoms with E-state index >= 15 is 0 Å². The average Bonchev–Trinajstić information content (AvgIpc) is 2.94. The molecule has 0 amide bonds. The van der Waals surface area contributed by atoms with Gasteiger partial charge in [-0.1, -0.05) is 24.3 Å². The van der Waals surface area contributed by atoms with Gasteiger partial charge in [-0.05, 0) is 71.4 Å². The molecule has 1 heterocycles. The molecule has 0 radical (unpaired) electrons. The molecular formula is C31H42N4O4. The minimum atomic E-state index is -1.50. The van der Waals surface area contributed by atoms with E-state index in [1.807, 2.05) is 0 Å². The van der Waals surface area contributed by atoms with Gasteiger partial charge in [-0.3, -0.25) is 0 Å². The molecule has 0 bridgehead atoms. The van der Waals surface area contributed by atoms with Crippen molar-refractivity contribution >= 4 is 17.1 Å². The molecule has 0 aromatic heterocycles. The van der Waals surface area contributed by atoms with E-state index in [4.69, 9.17) is 20.1 Å². The van der Waals surface area contributed by atoms with Crippen LogP contribution in [-0.4, -0.2) is 49.6 Å². The van der Waals surface area contributed by atoms with Crippen molar-refractivity contribution in [1.29, 1.82) is 0 Å². The van der Waals surface area contributed by atoms with E-state index in [1.54, 1.807) is 0 Å². The topological polar surface area (TPSA) is 82.3 Å². The van der Waals surface area contributed by atoms with E-state index in [2.05, 4.69) is 117 Å². The summed E-state index contributed by atoms with van der Waals surface area (Å²) in [5.74, 6) is 2.09. The van der Waals surface area contributed by atoms with Crippen LogP contribution in [0.3, 0.4) is 0 Å². The van der Waals surface area contributed by atoms with Crippen molar-refractivity contribution in [2.24, 2.45) is 0 Å². The molecule has 0 fully saturated rings. The molecule has 0 saturated carbocycles. The highest BCUT2D eigenvalue weighted by Gasteiger charge is 2.30. The summed E-state index contributed by atoms with van der Waals surface area (Å²) >= 11 is 0. The molecule has 0 aliphatic carbocycles. The van der Waals surface area contributed by atoms with Crippen LogP contribution >= 0.6 is 0 Å². The molecule has 3 aromatic rings. The molecule has 1 aliphatic heterocycles. The van der Waals surface area contributed by atoms with Gasteiger partial charge in [0.2, 0.25) is 0 Å². The summed E-state index contributed by atoms with van der Waals surface area (Å²) in [6.45, 7) is 19.2. The van der Waals surface area contributed by atoms with Crippen molar-refractivity contribution in [3.8, 4) is 11.5 Å². The van der Waals surface area contributed by atoms with Crippen LogP contribution in [-0.2, 0) is 0 Å². The SMILES string of the molecule is CCN(CC)c1ccc(C2c3ccc(N(CC)CC)cc3Oc3cc(N(CC)CC)ccc32)cc1.O=[N+]([O-])O. The number of rotatable bonds is 10. The van der Waals surface area contributed by atoms with Crippen LogP contribution in [0, 0.1) is 10.1 Å². The summed E-state index contributed by atoms with van der Waals surface area (Å²) in [5, 5.41) is 13.6. The first-order valence-corrected chi connectivity index (χ1v) is 13.9. The Morgan fingerprint density at radius 3 is 1.36 bits per heavy atom. The fraction of sp³-hybridized carbons (Fsp3) is 0.419. The zero-order chi connectivity index (χ0) is 28.5. The highest BCUT2D eigenvalue weighted by Crippen LogP contribution is 2.49. The zero-order valence-electron chi connectivity index (χ0n) is 24.1. The summed E-state index contributed by atoms with van der Waals surface area (Å²) in [6.07, 6.45) is 0. The predicted octanol–water partition coefficient (Wildman–Crippen LogP) is 7.16. The van der Waals surface area contributed by atoms with E-state index in [1.165, 1.54) is 33.8 Å². The average molecular weight is 535 g/mol. The van der Waals surface area contributed by atoms with Crippen molar-refractivity contribution in [3.63, 3.8) is 0 Å². The van der Waals surface area contributed by atoms with E-state index in [9.17, 15) is 0 Å². The molecule has 8 heteroatoms. The van der Waals surface area contributed by atoms with Gasteiger partial charge in [0, 0.05) is 85.5 Å². The Balaban J connectivity index is 0.000000983. The van der Waals surface area contributed by atoms with Crippen LogP contribution in [0.25, 0.3) is 0 Å². The molecule has 8 nitrogen and oxygen atoms in total. The third kappa shape index (κ3) is 6.74. The fourth-order valence-corrected chi connectivity index (χ4v) is 5.38. The van der Waals surface area contributed by atoms with Gasteiger partial charge < -0.3 is 24.6 Å². The van der Waals surface area contributed by atoms with Crippen molar-refractivity contribution < 1.29 is 15.0 Å². The maximum absolute atomic E-state index is 8.36. The Bertz CT molecular complexity index is 1150. The highest BCUT2D eigenvalue weighted by atomic mass is 16.9. The molecule has 210 valence electrons. The van der Waals surface area contributed by atoms with E-state index in [-0.39, 0.29) is 5.92 Å². The largest absolute Gasteiger partial charge is 0.457 e. The second-order valence-corrected chi connectivity index (χ2v) is 9.33. The summed E-state index contributed by atoms with van der Waals surface area (Å²) in [6, 6.07) is 22.6. The van der Waals surface area contributed by atoms with Gasteiger partial charge in [0.15, 0.2) is 0 Å². The van der Waals surface area contributed by atoms with Crippen LogP contribution in [0.2, 0.25) is 0 Å². The maximum atomic E-state index is 8.36. The monoisotopic (exact) mass is 534 g/mol. The number of hydrogen-bond acceptors (Lipinski definition) is 6. The lowest BCUT2D eigenvalue weighted by Gasteiger charge is -2.32. The molecule has 0 saturated heterocycles. The van der Waals surface area contributed by atoms with Crippen molar-refractivity contribution in [3.05, 3.63) is 87.5 Å². The lowest BCUT2D eigenvalue weighted by molar-refractivity contribution is -0.742. The van der Waals surface area contributed by atoms with Gasteiger partial charge in [0.25, 0.3) is 5.09 Å². The maximum Gasteiger partial charge on any atom is 0.291 e. The van der Waals surface area contributed by atoms with Crippen molar-refractivity contribution in [2.45, 2.75) is 47.5 Å². The molecule has 1 N–H and O–H groups in total. The first-order valence-electron chi connectivity index (χ1n) is 13.9. The van der Waals surface area contributed by atoms with E-state index < -0.39 is 5.09 Å². The van der Waals surface area contributed by atoms with Crippen molar-refractivity contribution in [1.82, 2.24) is 0 Å². The third-order valence-corrected chi connectivity index (χ3v) is 7.45. The molecule has 3 aromatic carbocycles. The van der Waals surface area contributed by atoms with Gasteiger partial charge in [0.05, 0.1) is 0 Å². The molecular weight excluding hydrogens is 492 g/mol. The summed E-state index contributed by atoms with van der Waals surface area (Å²) < 4.78 is 6.62. The Morgan fingerprint density at radius 2 is 1.00 bits per heavy atom. The Morgan fingerprint density at radius 1 is 0.667 bits per heavy atom. The number of anilines is 3. The number of ether oxygens (including phenoxy) is 1. The van der Waals surface area contributed by atoms with Crippen LogP contribution in [0.1, 0.15) is 64.2 Å². The lowest BCUT2D eigenvalue weighted by atomic mass is 9.82. The molecule has 1 aliphatic rings. The molecule has 0 unspecified atom stereocenters. The number of hydrogen-bond donors (Lipinski definition) is 1. The Hall–Kier alpha value is -3.94. The minimum absolute atomic E-state index is 0.149. The quantitative estimate of drug-likeness (QED) is 0.171. The van der Waals surface area contributed by atoms with Crippen LogP contribution in [0.15, 0.2) is 60.7 Å². The second kappa shape index (κ2) is 13.7. The normalized spacial score (nSPS) is 11.8. The number of fused-ring (bicyclic) bond motifs is 2. The second-order valence-electron chi connectivity index (χ2n) is 9.33. The Kier molecular flexibility index (Phi) is 10.4. The summed E-state index contributed by atoms with van der Waals surface area (Å²) in [7, 11) is 0. The van der Waals surface area contributed by atoms with Gasteiger partial charge in [-0.2, -0.15) is 0 Å². The van der Waals surface area contributed by atoms with Gasteiger partial charge >= 0.3 is 0 Å². The molecule has 0 spiro atoms. The smallest absolute Gasteiger partial charge is 0.291 e. The summed E-state index contributed by atoms with van der Waals surface area (Å²) in [4.78, 5) is 15.5. The highest BCUT2D eigenvalue weighted by molar-refractivity contribution is 5.66. The lowest BCUT2D eigenvalue weighted by Crippen LogP contribution is -2.23. The van der Waals surface area contributed by atoms with Gasteiger partial charge in [0.1, 0.15) is 11.5 Å². The van der Waals surface area contributed by atoms with E-state index in [0.29, 0.717) is 0 Å².